The molecular weight excluding hydrogens is 296 g/mol. The van der Waals surface area contributed by atoms with Gasteiger partial charge >= 0.3 is 5.97 Å². The van der Waals surface area contributed by atoms with Crippen LogP contribution < -0.4 is 11.1 Å². The molecule has 3 N–H and O–H groups in total. The van der Waals surface area contributed by atoms with Crippen molar-refractivity contribution >= 4 is 23.9 Å². The van der Waals surface area contributed by atoms with Gasteiger partial charge in [-0.2, -0.15) is 0 Å². The Hall–Kier alpha value is -2.63. The fourth-order valence-corrected chi connectivity index (χ4v) is 1.87. The molecule has 1 aromatic rings. The van der Waals surface area contributed by atoms with Crippen LogP contribution in [0.2, 0.25) is 0 Å². The van der Waals surface area contributed by atoms with Crippen molar-refractivity contribution in [2.75, 3.05) is 6.61 Å². The Morgan fingerprint density at radius 3 is 2.52 bits per heavy atom. The summed E-state index contributed by atoms with van der Waals surface area (Å²) in [7, 11) is 0. The Morgan fingerprint density at radius 2 is 1.91 bits per heavy atom. The van der Waals surface area contributed by atoms with Crippen molar-refractivity contribution in [3.8, 4) is 0 Å². The van der Waals surface area contributed by atoms with Crippen LogP contribution in [0.3, 0.4) is 0 Å². The largest absolute Gasteiger partial charge is 0.466 e. The number of carbonyl (C=O) groups excluding carboxylic acids is 3. The fraction of sp³-hybridized carbons (Fsp3) is 0.353. The minimum atomic E-state index is -0.801. The van der Waals surface area contributed by atoms with Crippen LogP contribution in [0.1, 0.15) is 31.7 Å². The van der Waals surface area contributed by atoms with Crippen molar-refractivity contribution in [2.45, 2.75) is 32.2 Å². The molecule has 6 nitrogen and oxygen atoms in total. The molecule has 1 aromatic carbocycles. The van der Waals surface area contributed by atoms with Gasteiger partial charge in [0.05, 0.1) is 13.0 Å². The molecule has 0 bridgehead atoms. The zero-order valence-electron chi connectivity index (χ0n) is 13.2. The minimum absolute atomic E-state index is 0.0228. The molecule has 0 saturated heterocycles. The summed E-state index contributed by atoms with van der Waals surface area (Å²) in [4.78, 5) is 34.3. The number of hydrogen-bond acceptors (Lipinski definition) is 4. The highest BCUT2D eigenvalue weighted by Crippen LogP contribution is 2.04. The number of primary amides is 1. The normalized spacial score (nSPS) is 11.9. The standard InChI is InChI=1S/C17H22N2O4/c1-2-23-16(21)12-11-15(20)19-14(17(18)22)10-6-9-13-7-4-3-5-8-13/h3-9,14H,2,10-12H2,1H3,(H2,18,22)(H,19,20)/b9-6+/t14-/m1/s1. The number of benzene rings is 1. The fourth-order valence-electron chi connectivity index (χ4n) is 1.87. The van der Waals surface area contributed by atoms with Crippen molar-refractivity contribution in [3.63, 3.8) is 0 Å². The second kappa shape index (κ2) is 10.2. The third-order valence-corrected chi connectivity index (χ3v) is 3.02. The maximum Gasteiger partial charge on any atom is 0.306 e. The number of nitrogens with one attached hydrogen (secondary N) is 1. The van der Waals surface area contributed by atoms with E-state index in [-0.39, 0.29) is 25.9 Å². The van der Waals surface area contributed by atoms with Gasteiger partial charge < -0.3 is 15.8 Å². The highest BCUT2D eigenvalue weighted by atomic mass is 16.5. The lowest BCUT2D eigenvalue weighted by atomic mass is 10.1. The van der Waals surface area contributed by atoms with E-state index in [2.05, 4.69) is 5.32 Å². The highest BCUT2D eigenvalue weighted by Gasteiger charge is 2.17. The van der Waals surface area contributed by atoms with E-state index in [0.29, 0.717) is 0 Å². The molecule has 1 atom stereocenters. The molecule has 124 valence electrons. The van der Waals surface area contributed by atoms with Gasteiger partial charge in [-0.15, -0.1) is 0 Å². The molecule has 6 heteroatoms. The Bertz CT molecular complexity index is 555. The number of rotatable bonds is 9. The Labute approximate surface area is 135 Å². The lowest BCUT2D eigenvalue weighted by molar-refractivity contribution is -0.144. The molecule has 0 aromatic heterocycles. The van der Waals surface area contributed by atoms with Crippen LogP contribution in [0.15, 0.2) is 36.4 Å². The van der Waals surface area contributed by atoms with E-state index < -0.39 is 23.8 Å². The number of ether oxygens (including phenoxy) is 1. The average Bonchev–Trinajstić information content (AvgIpc) is 2.53. The van der Waals surface area contributed by atoms with Gasteiger partial charge in [0.1, 0.15) is 6.04 Å². The molecule has 0 heterocycles. The Balaban J connectivity index is 2.45. The maximum absolute atomic E-state index is 11.7. The molecule has 0 saturated carbocycles. The first-order chi connectivity index (χ1) is 11.0. The smallest absolute Gasteiger partial charge is 0.306 e. The van der Waals surface area contributed by atoms with Gasteiger partial charge in [-0.1, -0.05) is 42.5 Å². The van der Waals surface area contributed by atoms with Crippen LogP contribution in [0.4, 0.5) is 0 Å². The van der Waals surface area contributed by atoms with Crippen molar-refractivity contribution in [2.24, 2.45) is 5.73 Å². The summed E-state index contributed by atoms with van der Waals surface area (Å²) >= 11 is 0. The second-order valence-corrected chi connectivity index (χ2v) is 4.88. The summed E-state index contributed by atoms with van der Waals surface area (Å²) in [6, 6.07) is 8.77. The summed E-state index contributed by atoms with van der Waals surface area (Å²) in [6.45, 7) is 1.97. The van der Waals surface area contributed by atoms with Gasteiger partial charge in [-0.05, 0) is 18.9 Å². The zero-order valence-corrected chi connectivity index (χ0v) is 13.2. The third kappa shape index (κ3) is 7.80. The van der Waals surface area contributed by atoms with Crippen LogP contribution in [-0.4, -0.2) is 30.4 Å². The Kier molecular flexibility index (Phi) is 8.13. The number of nitrogens with two attached hydrogens (primary N) is 1. The van der Waals surface area contributed by atoms with Crippen LogP contribution >= 0.6 is 0 Å². The molecular formula is C17H22N2O4. The molecule has 1 rings (SSSR count). The van der Waals surface area contributed by atoms with Crippen LogP contribution in [0.5, 0.6) is 0 Å². The van der Waals surface area contributed by atoms with E-state index in [1.54, 1.807) is 13.0 Å². The molecule has 23 heavy (non-hydrogen) atoms. The van der Waals surface area contributed by atoms with Crippen molar-refractivity contribution in [3.05, 3.63) is 42.0 Å². The predicted molar refractivity (Wildman–Crippen MR) is 87.1 cm³/mol. The minimum Gasteiger partial charge on any atom is -0.466 e. The quantitative estimate of drug-likeness (QED) is 0.672. The first-order valence-corrected chi connectivity index (χ1v) is 7.48. The molecule has 0 fully saturated rings. The summed E-state index contributed by atoms with van der Waals surface area (Å²) in [5, 5.41) is 2.53. The summed E-state index contributed by atoms with van der Waals surface area (Å²) in [5.41, 5.74) is 6.28. The third-order valence-electron chi connectivity index (χ3n) is 3.02. The summed E-state index contributed by atoms with van der Waals surface area (Å²) < 4.78 is 4.74. The SMILES string of the molecule is CCOC(=O)CCC(=O)N[C@H](C/C=C/c1ccccc1)C(N)=O. The predicted octanol–water partition coefficient (Wildman–Crippen LogP) is 1.40. The van der Waals surface area contributed by atoms with Gasteiger partial charge in [-0.3, -0.25) is 14.4 Å². The van der Waals surface area contributed by atoms with Crippen LogP contribution in [-0.2, 0) is 19.1 Å². The molecule has 0 aliphatic rings. The molecule has 0 radical (unpaired) electrons. The van der Waals surface area contributed by atoms with E-state index in [1.807, 2.05) is 36.4 Å². The topological polar surface area (TPSA) is 98.5 Å². The first-order valence-electron chi connectivity index (χ1n) is 7.48. The van der Waals surface area contributed by atoms with E-state index in [9.17, 15) is 14.4 Å². The van der Waals surface area contributed by atoms with Gasteiger partial charge in [0.15, 0.2) is 0 Å². The van der Waals surface area contributed by atoms with Crippen molar-refractivity contribution < 1.29 is 19.1 Å². The average molecular weight is 318 g/mol. The zero-order chi connectivity index (χ0) is 17.1. The van der Waals surface area contributed by atoms with E-state index in [0.717, 1.165) is 5.56 Å². The lowest BCUT2D eigenvalue weighted by Gasteiger charge is -2.13. The molecule has 0 spiro atoms. The number of esters is 1. The number of hydrogen-bond donors (Lipinski definition) is 2. The monoisotopic (exact) mass is 318 g/mol. The van der Waals surface area contributed by atoms with Gasteiger partial charge in [0, 0.05) is 6.42 Å². The second-order valence-electron chi connectivity index (χ2n) is 4.88. The molecule has 0 aliphatic heterocycles. The van der Waals surface area contributed by atoms with Gasteiger partial charge in [0.25, 0.3) is 0 Å². The van der Waals surface area contributed by atoms with E-state index in [1.165, 1.54) is 0 Å². The lowest BCUT2D eigenvalue weighted by Crippen LogP contribution is -2.44. The number of carbonyl (C=O) groups is 3. The van der Waals surface area contributed by atoms with Crippen LogP contribution in [0.25, 0.3) is 6.08 Å². The van der Waals surface area contributed by atoms with Gasteiger partial charge in [0.2, 0.25) is 11.8 Å². The van der Waals surface area contributed by atoms with Gasteiger partial charge in [-0.25, -0.2) is 0 Å². The van der Waals surface area contributed by atoms with E-state index >= 15 is 0 Å². The number of amides is 2. The van der Waals surface area contributed by atoms with E-state index in [4.69, 9.17) is 10.5 Å². The van der Waals surface area contributed by atoms with Crippen LogP contribution in [0, 0.1) is 0 Å². The van der Waals surface area contributed by atoms with Crippen molar-refractivity contribution in [1.82, 2.24) is 5.32 Å². The summed E-state index contributed by atoms with van der Waals surface area (Å²) in [6.07, 6.45) is 3.85. The van der Waals surface area contributed by atoms with Crippen molar-refractivity contribution in [1.29, 1.82) is 0 Å². The summed E-state index contributed by atoms with van der Waals surface area (Å²) in [5.74, 6) is -1.47. The molecule has 2 amide bonds. The maximum atomic E-state index is 11.7. The first kappa shape index (κ1) is 18.4. The highest BCUT2D eigenvalue weighted by molar-refractivity contribution is 5.88. The Morgan fingerprint density at radius 1 is 1.22 bits per heavy atom. The molecule has 0 unspecified atom stereocenters. The molecule has 0 aliphatic carbocycles.